The first-order valence-electron chi connectivity index (χ1n) is 24.2. The quantitative estimate of drug-likeness (QED) is 0.0171. The molecule has 6 atom stereocenters. The molecule has 1 aliphatic carbocycles. The number of aliphatic hydroxyl groups is 3. The Kier molecular flexibility index (Phi) is 35.2. The predicted octanol–water partition coefficient (Wildman–Crippen LogP) is 11.3. The molecule has 12 heteroatoms. The predicted molar refractivity (Wildman–Crippen MR) is 237 cm³/mol. The first-order chi connectivity index (χ1) is 28.5. The number of ether oxygens (including phenoxy) is 2. The second-order valence-corrected chi connectivity index (χ2v) is 18.7. The highest BCUT2D eigenvalue weighted by atomic mass is 31.2. The van der Waals surface area contributed by atoms with E-state index in [9.17, 15) is 29.5 Å². The molecule has 0 aromatic heterocycles. The van der Waals surface area contributed by atoms with Gasteiger partial charge in [0.05, 0.1) is 24.9 Å². The average Bonchev–Trinajstić information content (AvgIpc) is 3.47. The van der Waals surface area contributed by atoms with Crippen molar-refractivity contribution >= 4 is 19.8 Å². The third kappa shape index (κ3) is 33.0. The molecule has 0 bridgehead atoms. The van der Waals surface area contributed by atoms with E-state index in [-0.39, 0.29) is 31.3 Å². The Labute approximate surface area is 359 Å². The lowest BCUT2D eigenvalue weighted by molar-refractivity contribution is -0.161. The summed E-state index contributed by atoms with van der Waals surface area (Å²) < 4.78 is 26.5. The number of aliphatic hydroxyl groups excluding tert-OH is 3. The highest BCUT2D eigenvalue weighted by Crippen LogP contribution is 2.38. The maximum Gasteiger partial charge on any atom is 0.469 e. The maximum absolute atomic E-state index is 12.6. The van der Waals surface area contributed by atoms with E-state index in [4.69, 9.17) is 19.3 Å². The van der Waals surface area contributed by atoms with Crippen molar-refractivity contribution in [1.82, 2.24) is 0 Å². The molecular weight excluding hydrogens is 771 g/mol. The fourth-order valence-corrected chi connectivity index (χ4v) is 8.60. The molecule has 11 nitrogen and oxygen atoms in total. The van der Waals surface area contributed by atoms with E-state index in [1.807, 2.05) is 6.08 Å². The zero-order valence-corrected chi connectivity index (χ0v) is 38.4. The number of carbonyl (C=O) groups is 2. The van der Waals surface area contributed by atoms with E-state index in [1.165, 1.54) is 109 Å². The highest BCUT2D eigenvalue weighted by molar-refractivity contribution is 7.46. The van der Waals surface area contributed by atoms with Gasteiger partial charge in [0.2, 0.25) is 0 Å². The molecule has 0 aromatic carbocycles. The van der Waals surface area contributed by atoms with Crippen LogP contribution in [0.15, 0.2) is 12.2 Å². The van der Waals surface area contributed by atoms with Crippen LogP contribution in [0, 0.1) is 11.8 Å². The molecule has 0 spiro atoms. The Morgan fingerprint density at radius 1 is 0.610 bits per heavy atom. The second-order valence-electron chi connectivity index (χ2n) is 17.4. The van der Waals surface area contributed by atoms with E-state index < -0.39 is 50.8 Å². The van der Waals surface area contributed by atoms with Crippen molar-refractivity contribution < 1.29 is 53.3 Å². The molecule has 5 N–H and O–H groups in total. The van der Waals surface area contributed by atoms with Crippen molar-refractivity contribution in [3.63, 3.8) is 0 Å². The highest BCUT2D eigenvalue weighted by Gasteiger charge is 2.39. The summed E-state index contributed by atoms with van der Waals surface area (Å²) in [4.78, 5) is 43.3. The van der Waals surface area contributed by atoms with Crippen LogP contribution in [0.1, 0.15) is 226 Å². The number of unbranched alkanes of at least 4 members (excludes halogenated alkanes) is 25. The third-order valence-corrected chi connectivity index (χ3v) is 12.4. The van der Waals surface area contributed by atoms with Crippen LogP contribution in [-0.4, -0.2) is 74.7 Å². The van der Waals surface area contributed by atoms with E-state index in [1.54, 1.807) is 6.08 Å². The topological polar surface area (TPSA) is 180 Å². The van der Waals surface area contributed by atoms with Gasteiger partial charge >= 0.3 is 19.8 Å². The van der Waals surface area contributed by atoms with Gasteiger partial charge in [0.1, 0.15) is 6.61 Å². The van der Waals surface area contributed by atoms with Gasteiger partial charge in [0, 0.05) is 25.2 Å². The summed E-state index contributed by atoms with van der Waals surface area (Å²) in [5.41, 5.74) is 0. The summed E-state index contributed by atoms with van der Waals surface area (Å²) in [6.07, 6.45) is 35.7. The first kappa shape index (κ1) is 55.7. The molecule has 1 fully saturated rings. The van der Waals surface area contributed by atoms with Crippen molar-refractivity contribution in [2.24, 2.45) is 11.8 Å². The molecule has 0 saturated heterocycles. The van der Waals surface area contributed by atoms with Crippen molar-refractivity contribution in [2.45, 2.75) is 250 Å². The standard InChI is InChI=1S/C47H89O11P/c1-3-5-7-8-9-10-11-12-13-14-15-16-17-18-19-20-21-22-23-24-29-33-46(51)56-38-41(39-57-59(53,54)55)58-47(52)34-30-26-25-28-32-42-43(45(50)37-44(42)49)36-35-40(48)31-27-6-4-2/h35-36,40-45,48-50H,3-34,37-39H2,1-2H3,(H2,53,54,55)/b36-35+/t40-,41+,42+,43+,44-,45+/m0/s1. The van der Waals surface area contributed by atoms with Gasteiger partial charge in [-0.25, -0.2) is 4.57 Å². The number of hydrogen-bond donors (Lipinski definition) is 5. The molecule has 348 valence electrons. The molecule has 0 amide bonds. The zero-order valence-electron chi connectivity index (χ0n) is 37.5. The molecule has 0 radical (unpaired) electrons. The lowest BCUT2D eigenvalue weighted by atomic mass is 9.88. The fraction of sp³-hybridized carbons (Fsp3) is 0.915. The van der Waals surface area contributed by atoms with Gasteiger partial charge in [-0.2, -0.15) is 0 Å². The normalized spacial score (nSPS) is 19.4. The summed E-state index contributed by atoms with van der Waals surface area (Å²) in [7, 11) is -4.82. The van der Waals surface area contributed by atoms with Crippen molar-refractivity contribution in [3.05, 3.63) is 12.2 Å². The van der Waals surface area contributed by atoms with Crippen LogP contribution in [0.3, 0.4) is 0 Å². The van der Waals surface area contributed by atoms with E-state index in [0.29, 0.717) is 25.7 Å². The summed E-state index contributed by atoms with van der Waals surface area (Å²) >= 11 is 0. The number of phosphoric acid groups is 1. The Hall–Kier alpha value is -1.33. The van der Waals surface area contributed by atoms with Crippen LogP contribution in [0.25, 0.3) is 0 Å². The van der Waals surface area contributed by atoms with Gasteiger partial charge < -0.3 is 34.6 Å². The number of esters is 2. The monoisotopic (exact) mass is 861 g/mol. The van der Waals surface area contributed by atoms with Crippen LogP contribution in [-0.2, 0) is 28.2 Å². The van der Waals surface area contributed by atoms with Crippen LogP contribution >= 0.6 is 7.82 Å². The van der Waals surface area contributed by atoms with Crippen LogP contribution in [0.2, 0.25) is 0 Å². The molecule has 0 heterocycles. The Morgan fingerprint density at radius 2 is 1.05 bits per heavy atom. The molecular formula is C47H89O11P. The van der Waals surface area contributed by atoms with Gasteiger partial charge in [-0.1, -0.05) is 193 Å². The van der Waals surface area contributed by atoms with Crippen molar-refractivity contribution in [1.29, 1.82) is 0 Å². The van der Waals surface area contributed by atoms with Crippen LogP contribution in [0.5, 0.6) is 0 Å². The summed E-state index contributed by atoms with van der Waals surface area (Å²) in [6.45, 7) is 3.45. The molecule has 59 heavy (non-hydrogen) atoms. The Bertz CT molecular complexity index is 1080. The van der Waals surface area contributed by atoms with E-state index in [2.05, 4.69) is 18.4 Å². The molecule has 0 aliphatic heterocycles. The van der Waals surface area contributed by atoms with Crippen molar-refractivity contribution in [2.75, 3.05) is 13.2 Å². The smallest absolute Gasteiger partial charge is 0.462 e. The summed E-state index contributed by atoms with van der Waals surface area (Å²) in [5, 5.41) is 31.3. The lowest BCUT2D eigenvalue weighted by Crippen LogP contribution is -2.29. The first-order valence-corrected chi connectivity index (χ1v) is 25.8. The van der Waals surface area contributed by atoms with E-state index >= 15 is 0 Å². The zero-order chi connectivity index (χ0) is 43.4. The Balaban J connectivity index is 2.15. The van der Waals surface area contributed by atoms with Gasteiger partial charge in [0.25, 0.3) is 0 Å². The molecule has 1 saturated carbocycles. The number of rotatable bonds is 41. The molecule has 0 aromatic rings. The van der Waals surface area contributed by atoms with Gasteiger partial charge in [-0.05, 0) is 31.6 Å². The SMILES string of the molecule is CCCCCCCCCCCCCCCCCCCCCCCC(=O)OC[C@H](COP(=O)(O)O)OC(=O)CCCCCC[C@@H]1[C@@H](/C=C/[C@@H](O)CCCCC)[C@H](O)C[C@@H]1O. The fourth-order valence-electron chi connectivity index (χ4n) is 8.24. The molecule has 1 rings (SSSR count). The minimum absolute atomic E-state index is 0.0891. The van der Waals surface area contributed by atoms with E-state index in [0.717, 1.165) is 64.2 Å². The minimum Gasteiger partial charge on any atom is -0.462 e. The number of carbonyl (C=O) groups excluding carboxylic acids is 2. The van der Waals surface area contributed by atoms with Crippen LogP contribution < -0.4 is 0 Å². The maximum atomic E-state index is 12.6. The second kappa shape index (κ2) is 37.2. The molecule has 0 unspecified atom stereocenters. The van der Waals surface area contributed by atoms with Crippen LogP contribution in [0.4, 0.5) is 0 Å². The Morgan fingerprint density at radius 3 is 1.54 bits per heavy atom. The lowest BCUT2D eigenvalue weighted by Gasteiger charge is -2.21. The number of phosphoric ester groups is 1. The van der Waals surface area contributed by atoms with Gasteiger partial charge in [-0.15, -0.1) is 0 Å². The minimum atomic E-state index is -4.82. The largest absolute Gasteiger partial charge is 0.469 e. The average molecular weight is 861 g/mol. The van der Waals surface area contributed by atoms with Crippen molar-refractivity contribution in [3.8, 4) is 0 Å². The van der Waals surface area contributed by atoms with Gasteiger partial charge in [0.15, 0.2) is 6.10 Å². The van der Waals surface area contributed by atoms with Gasteiger partial charge in [-0.3, -0.25) is 14.1 Å². The summed E-state index contributed by atoms with van der Waals surface area (Å²) in [5.74, 6) is -1.31. The number of hydrogen-bond acceptors (Lipinski definition) is 9. The third-order valence-electron chi connectivity index (χ3n) is 11.9. The summed E-state index contributed by atoms with van der Waals surface area (Å²) in [6, 6.07) is 0. The molecule has 1 aliphatic rings.